The molecule has 1 unspecified atom stereocenters. The van der Waals surface area contributed by atoms with Crippen LogP contribution in [0, 0.1) is 0 Å². The molecule has 1 amide bonds. The number of hydrogen-bond donors (Lipinski definition) is 1. The van der Waals surface area contributed by atoms with Gasteiger partial charge in [0.15, 0.2) is 0 Å². The molecule has 0 spiro atoms. The van der Waals surface area contributed by atoms with Crippen LogP contribution in [0.1, 0.15) is 6.42 Å². The lowest BCUT2D eigenvalue weighted by molar-refractivity contribution is 0.144. The van der Waals surface area contributed by atoms with Crippen LogP contribution >= 0.6 is 0 Å². The average Bonchev–Trinajstić information content (AvgIpc) is 3.40. The van der Waals surface area contributed by atoms with Crippen molar-refractivity contribution in [3.8, 4) is 28.6 Å². The molecule has 9 nitrogen and oxygen atoms in total. The number of carbonyl (C=O) groups is 1. The van der Waals surface area contributed by atoms with E-state index < -0.39 is 6.09 Å². The average molecular weight is 381 g/mol. The number of nitrogens with zero attached hydrogens (tertiary/aromatic N) is 5. The largest absolute Gasteiger partial charge is 0.496 e. The summed E-state index contributed by atoms with van der Waals surface area (Å²) in [6.07, 6.45) is 3.06. The third-order valence-electron chi connectivity index (χ3n) is 4.57. The van der Waals surface area contributed by atoms with Crippen molar-refractivity contribution in [1.29, 1.82) is 0 Å². The van der Waals surface area contributed by atoms with Crippen molar-refractivity contribution in [2.45, 2.75) is 12.5 Å². The van der Waals surface area contributed by atoms with Gasteiger partial charge in [-0.2, -0.15) is 5.10 Å². The van der Waals surface area contributed by atoms with E-state index in [1.165, 1.54) is 4.90 Å². The minimum atomic E-state index is -0.932. The number of rotatable bonds is 5. The second-order valence-electron chi connectivity index (χ2n) is 6.35. The van der Waals surface area contributed by atoms with Gasteiger partial charge < -0.3 is 19.5 Å². The highest BCUT2D eigenvalue weighted by atomic mass is 16.5. The minimum absolute atomic E-state index is 0.209. The molecule has 1 aromatic carbocycles. The molecule has 4 rings (SSSR count). The van der Waals surface area contributed by atoms with Crippen molar-refractivity contribution >= 4 is 6.09 Å². The summed E-state index contributed by atoms with van der Waals surface area (Å²) in [7, 11) is 1.60. The molecule has 0 saturated carbocycles. The van der Waals surface area contributed by atoms with Crippen molar-refractivity contribution in [3.63, 3.8) is 0 Å². The summed E-state index contributed by atoms with van der Waals surface area (Å²) in [6, 6.07) is 11.1. The quantitative estimate of drug-likeness (QED) is 0.724. The number of benzene rings is 1. The number of hydrogen-bond acceptors (Lipinski definition) is 6. The normalized spacial score (nSPS) is 16.2. The maximum Gasteiger partial charge on any atom is 0.407 e. The van der Waals surface area contributed by atoms with E-state index in [4.69, 9.17) is 14.6 Å². The summed E-state index contributed by atoms with van der Waals surface area (Å²) in [6.45, 7) is 0.798. The predicted octanol–water partition coefficient (Wildman–Crippen LogP) is 2.47. The number of aromatic nitrogens is 4. The third kappa shape index (κ3) is 3.59. The Hall–Kier alpha value is -3.62. The van der Waals surface area contributed by atoms with Crippen LogP contribution in [0.5, 0.6) is 11.6 Å². The summed E-state index contributed by atoms with van der Waals surface area (Å²) >= 11 is 0. The van der Waals surface area contributed by atoms with Gasteiger partial charge in [0.25, 0.3) is 0 Å². The lowest BCUT2D eigenvalue weighted by Crippen LogP contribution is -2.29. The first kappa shape index (κ1) is 17.8. The Balaban J connectivity index is 1.50. The Bertz CT molecular complexity index is 959. The van der Waals surface area contributed by atoms with E-state index in [9.17, 15) is 4.79 Å². The summed E-state index contributed by atoms with van der Waals surface area (Å²) < 4.78 is 13.0. The third-order valence-corrected chi connectivity index (χ3v) is 4.57. The zero-order valence-electron chi connectivity index (χ0n) is 15.2. The van der Waals surface area contributed by atoms with Gasteiger partial charge in [-0.1, -0.05) is 0 Å². The molecule has 9 heteroatoms. The highest BCUT2D eigenvalue weighted by Crippen LogP contribution is 2.31. The standard InChI is InChI=1S/C19H19N5O4/c1-27-17-11-13(24-9-2-8-20-24)3-4-15(17)16-5-6-18(22-21-16)28-14-7-10-23(12-14)19(25)26/h2-6,8-9,11,14H,7,10,12H2,1H3,(H,25,26). The van der Waals surface area contributed by atoms with E-state index in [1.807, 2.05) is 30.5 Å². The molecule has 1 saturated heterocycles. The molecule has 0 bridgehead atoms. The van der Waals surface area contributed by atoms with Crippen LogP contribution in [0.25, 0.3) is 16.9 Å². The summed E-state index contributed by atoms with van der Waals surface area (Å²) in [4.78, 5) is 12.3. The fourth-order valence-electron chi connectivity index (χ4n) is 3.15. The summed E-state index contributed by atoms with van der Waals surface area (Å²) in [5, 5.41) is 21.6. The Morgan fingerprint density at radius 2 is 2.14 bits per heavy atom. The Labute approximate surface area is 161 Å². The lowest BCUT2D eigenvalue weighted by atomic mass is 10.1. The highest BCUT2D eigenvalue weighted by Gasteiger charge is 2.27. The van der Waals surface area contributed by atoms with Crippen molar-refractivity contribution in [2.75, 3.05) is 20.2 Å². The monoisotopic (exact) mass is 381 g/mol. The van der Waals surface area contributed by atoms with Gasteiger partial charge in [0.1, 0.15) is 11.9 Å². The lowest BCUT2D eigenvalue weighted by Gasteiger charge is -2.14. The van der Waals surface area contributed by atoms with Gasteiger partial charge in [0.2, 0.25) is 5.88 Å². The highest BCUT2D eigenvalue weighted by molar-refractivity contribution is 5.69. The van der Waals surface area contributed by atoms with Crippen molar-refractivity contribution in [2.24, 2.45) is 0 Å². The van der Waals surface area contributed by atoms with Crippen molar-refractivity contribution in [1.82, 2.24) is 24.9 Å². The fraction of sp³-hybridized carbons (Fsp3) is 0.263. The predicted molar refractivity (Wildman–Crippen MR) is 99.8 cm³/mol. The maximum absolute atomic E-state index is 11.0. The Morgan fingerprint density at radius 3 is 2.79 bits per heavy atom. The summed E-state index contributed by atoms with van der Waals surface area (Å²) in [5.74, 6) is 1.02. The van der Waals surface area contributed by atoms with Crippen LogP contribution in [0.15, 0.2) is 48.8 Å². The second-order valence-corrected chi connectivity index (χ2v) is 6.35. The maximum atomic E-state index is 11.0. The molecular formula is C19H19N5O4. The molecule has 3 heterocycles. The number of amides is 1. The Morgan fingerprint density at radius 1 is 1.25 bits per heavy atom. The van der Waals surface area contributed by atoms with Crippen molar-refractivity contribution in [3.05, 3.63) is 48.8 Å². The van der Waals surface area contributed by atoms with Gasteiger partial charge in [0, 0.05) is 43.1 Å². The van der Waals surface area contributed by atoms with Gasteiger partial charge in [0.05, 0.1) is 25.0 Å². The van der Waals surface area contributed by atoms with E-state index in [0.29, 0.717) is 36.8 Å². The van der Waals surface area contributed by atoms with Crippen LogP contribution in [0.2, 0.25) is 0 Å². The van der Waals surface area contributed by atoms with Gasteiger partial charge in [-0.25, -0.2) is 9.48 Å². The summed E-state index contributed by atoms with van der Waals surface area (Å²) in [5.41, 5.74) is 2.33. The van der Waals surface area contributed by atoms with Crippen LogP contribution < -0.4 is 9.47 Å². The molecule has 1 aliphatic heterocycles. The van der Waals surface area contributed by atoms with Crippen LogP contribution in [-0.2, 0) is 0 Å². The van der Waals surface area contributed by atoms with Crippen LogP contribution in [0.4, 0.5) is 4.79 Å². The van der Waals surface area contributed by atoms with E-state index in [1.54, 1.807) is 30.1 Å². The van der Waals surface area contributed by atoms with Crippen LogP contribution in [0.3, 0.4) is 0 Å². The zero-order chi connectivity index (χ0) is 19.5. The zero-order valence-corrected chi connectivity index (χ0v) is 15.2. The molecule has 0 radical (unpaired) electrons. The number of methoxy groups -OCH3 is 1. The molecule has 1 atom stereocenters. The molecule has 2 aromatic heterocycles. The van der Waals surface area contributed by atoms with Gasteiger partial charge >= 0.3 is 6.09 Å². The van der Waals surface area contributed by atoms with Crippen molar-refractivity contribution < 1.29 is 19.4 Å². The number of ether oxygens (including phenoxy) is 2. The molecule has 1 fully saturated rings. The minimum Gasteiger partial charge on any atom is -0.496 e. The first-order chi connectivity index (χ1) is 13.6. The molecule has 0 aliphatic carbocycles. The van der Waals surface area contributed by atoms with E-state index >= 15 is 0 Å². The SMILES string of the molecule is COc1cc(-n2cccn2)ccc1-c1ccc(OC2CCN(C(=O)O)C2)nn1. The first-order valence-electron chi connectivity index (χ1n) is 8.81. The van der Waals surface area contributed by atoms with E-state index in [-0.39, 0.29) is 6.10 Å². The molecule has 1 aliphatic rings. The number of likely N-dealkylation sites (tertiary alicyclic amines) is 1. The van der Waals surface area contributed by atoms with Gasteiger partial charge in [-0.05, 0) is 24.3 Å². The van der Waals surface area contributed by atoms with E-state index in [0.717, 1.165) is 11.3 Å². The van der Waals surface area contributed by atoms with Crippen LogP contribution in [-0.4, -0.2) is 62.4 Å². The molecule has 144 valence electrons. The Kier molecular flexibility index (Phi) is 4.79. The molecular weight excluding hydrogens is 362 g/mol. The molecule has 1 N–H and O–H groups in total. The molecule has 3 aromatic rings. The first-order valence-corrected chi connectivity index (χ1v) is 8.81. The van der Waals surface area contributed by atoms with Gasteiger partial charge in [-0.3, -0.25) is 0 Å². The molecule has 28 heavy (non-hydrogen) atoms. The van der Waals surface area contributed by atoms with Gasteiger partial charge in [-0.15, -0.1) is 10.2 Å². The fourth-order valence-corrected chi connectivity index (χ4v) is 3.15. The number of carboxylic acid groups (broad SMARTS) is 1. The smallest absolute Gasteiger partial charge is 0.407 e. The second kappa shape index (κ2) is 7.55. The topological polar surface area (TPSA) is 103 Å². The van der Waals surface area contributed by atoms with E-state index in [2.05, 4.69) is 15.3 Å².